The van der Waals surface area contributed by atoms with Crippen molar-refractivity contribution in [3.05, 3.63) is 30.4 Å². The van der Waals surface area contributed by atoms with Gasteiger partial charge in [-0.3, -0.25) is 4.98 Å². The van der Waals surface area contributed by atoms with E-state index < -0.39 is 6.10 Å². The molecule has 0 saturated heterocycles. The zero-order valence-corrected chi connectivity index (χ0v) is 8.50. The highest BCUT2D eigenvalue weighted by Gasteiger charge is 2.13. The lowest BCUT2D eigenvalue weighted by molar-refractivity contribution is 0.0427. The van der Waals surface area contributed by atoms with Crippen LogP contribution in [0.15, 0.2) is 24.8 Å². The first kappa shape index (κ1) is 10.1. The zero-order chi connectivity index (χ0) is 10.7. The summed E-state index contributed by atoms with van der Waals surface area (Å²) < 4.78 is 6.84. The van der Waals surface area contributed by atoms with Gasteiger partial charge in [-0.05, 0) is 6.92 Å². The second-order valence-corrected chi connectivity index (χ2v) is 3.18. The highest BCUT2D eigenvalue weighted by atomic mass is 16.5. The van der Waals surface area contributed by atoms with Gasteiger partial charge in [0, 0.05) is 24.6 Å². The van der Waals surface area contributed by atoms with Crippen molar-refractivity contribution >= 4 is 5.52 Å². The molecule has 2 aromatic heterocycles. The first-order valence-corrected chi connectivity index (χ1v) is 4.86. The molecule has 0 aromatic carbocycles. The topological polar surface area (TPSA) is 59.7 Å². The van der Waals surface area contributed by atoms with Crippen LogP contribution in [0.4, 0.5) is 0 Å². The van der Waals surface area contributed by atoms with Crippen LogP contribution in [0.5, 0.6) is 0 Å². The molecule has 1 N–H and O–H groups in total. The number of aromatic nitrogens is 3. The van der Waals surface area contributed by atoms with Crippen LogP contribution < -0.4 is 0 Å². The van der Waals surface area contributed by atoms with E-state index in [4.69, 9.17) is 4.74 Å². The zero-order valence-electron chi connectivity index (χ0n) is 8.50. The molecule has 0 bridgehead atoms. The van der Waals surface area contributed by atoms with Crippen LogP contribution in [0.25, 0.3) is 5.52 Å². The summed E-state index contributed by atoms with van der Waals surface area (Å²) >= 11 is 0. The monoisotopic (exact) mass is 207 g/mol. The molecule has 5 nitrogen and oxygen atoms in total. The maximum atomic E-state index is 9.83. The molecule has 0 aliphatic rings. The third kappa shape index (κ3) is 1.98. The van der Waals surface area contributed by atoms with E-state index in [9.17, 15) is 5.11 Å². The van der Waals surface area contributed by atoms with Crippen LogP contribution in [0.2, 0.25) is 0 Å². The molecule has 0 spiro atoms. The lowest BCUT2D eigenvalue weighted by Gasteiger charge is -2.08. The molecule has 0 amide bonds. The highest BCUT2D eigenvalue weighted by molar-refractivity contribution is 5.52. The van der Waals surface area contributed by atoms with Crippen molar-refractivity contribution in [1.29, 1.82) is 0 Å². The van der Waals surface area contributed by atoms with Crippen LogP contribution in [-0.2, 0) is 4.74 Å². The van der Waals surface area contributed by atoms with Gasteiger partial charge in [0.25, 0.3) is 0 Å². The number of ether oxygens (including phenoxy) is 1. The molecule has 1 atom stereocenters. The van der Waals surface area contributed by atoms with Gasteiger partial charge < -0.3 is 9.84 Å². The first-order chi connectivity index (χ1) is 7.33. The lowest BCUT2D eigenvalue weighted by atomic mass is 10.2. The van der Waals surface area contributed by atoms with Crippen LogP contribution in [0.1, 0.15) is 18.6 Å². The van der Waals surface area contributed by atoms with E-state index in [0.717, 1.165) is 11.1 Å². The minimum atomic E-state index is -0.647. The maximum Gasteiger partial charge on any atom is 0.106 e. The summed E-state index contributed by atoms with van der Waals surface area (Å²) in [6, 6.07) is 0. The molecule has 0 saturated carbocycles. The molecule has 2 heterocycles. The van der Waals surface area contributed by atoms with E-state index in [1.54, 1.807) is 29.3 Å². The lowest BCUT2D eigenvalue weighted by Crippen LogP contribution is -2.06. The number of rotatable bonds is 4. The van der Waals surface area contributed by atoms with Crippen LogP contribution in [0, 0.1) is 0 Å². The largest absolute Gasteiger partial charge is 0.386 e. The van der Waals surface area contributed by atoms with Gasteiger partial charge in [-0.2, -0.15) is 5.10 Å². The van der Waals surface area contributed by atoms with E-state index in [0.29, 0.717) is 6.61 Å². The van der Waals surface area contributed by atoms with Crippen molar-refractivity contribution in [2.24, 2.45) is 0 Å². The van der Waals surface area contributed by atoms with Crippen molar-refractivity contribution in [1.82, 2.24) is 14.6 Å². The molecule has 0 fully saturated rings. The van der Waals surface area contributed by atoms with Crippen LogP contribution >= 0.6 is 0 Å². The fraction of sp³-hybridized carbons (Fsp3) is 0.400. The number of aliphatic hydroxyl groups excluding tert-OH is 1. The Morgan fingerprint density at radius 3 is 3.20 bits per heavy atom. The summed E-state index contributed by atoms with van der Waals surface area (Å²) in [4.78, 5) is 4.00. The molecular weight excluding hydrogens is 194 g/mol. The molecule has 2 rings (SSSR count). The minimum Gasteiger partial charge on any atom is -0.386 e. The maximum absolute atomic E-state index is 9.83. The molecule has 80 valence electrons. The smallest absolute Gasteiger partial charge is 0.106 e. The van der Waals surface area contributed by atoms with E-state index in [1.807, 2.05) is 6.92 Å². The van der Waals surface area contributed by atoms with Gasteiger partial charge in [-0.1, -0.05) is 0 Å². The second kappa shape index (κ2) is 4.37. The fourth-order valence-electron chi connectivity index (χ4n) is 1.43. The van der Waals surface area contributed by atoms with Gasteiger partial charge in [0.1, 0.15) is 6.10 Å². The first-order valence-electron chi connectivity index (χ1n) is 4.86. The molecule has 15 heavy (non-hydrogen) atoms. The Labute approximate surface area is 87.3 Å². The Bertz CT molecular complexity index is 441. The van der Waals surface area contributed by atoms with E-state index >= 15 is 0 Å². The molecular formula is C10H13N3O2. The number of hydrogen-bond acceptors (Lipinski definition) is 4. The SMILES string of the molecule is CCOCC(O)c1cnn2ccncc12. The Morgan fingerprint density at radius 1 is 1.53 bits per heavy atom. The van der Waals surface area contributed by atoms with E-state index in [2.05, 4.69) is 10.1 Å². The molecule has 0 aliphatic carbocycles. The Hall–Kier alpha value is -1.46. The summed E-state index contributed by atoms with van der Waals surface area (Å²) in [6.07, 6.45) is 6.06. The standard InChI is InChI=1S/C10H13N3O2/c1-2-15-7-10(14)8-5-12-13-4-3-11-6-9(8)13/h3-6,10,14H,2,7H2,1H3. The second-order valence-electron chi connectivity index (χ2n) is 3.18. The number of fused-ring (bicyclic) bond motifs is 1. The van der Waals surface area contributed by atoms with Crippen molar-refractivity contribution in [3.8, 4) is 0 Å². The summed E-state index contributed by atoms with van der Waals surface area (Å²) in [7, 11) is 0. The van der Waals surface area contributed by atoms with Gasteiger partial charge >= 0.3 is 0 Å². The van der Waals surface area contributed by atoms with Crippen molar-refractivity contribution < 1.29 is 9.84 Å². The van der Waals surface area contributed by atoms with Gasteiger partial charge in [0.05, 0.1) is 24.5 Å². The van der Waals surface area contributed by atoms with Crippen molar-refractivity contribution in [2.45, 2.75) is 13.0 Å². The van der Waals surface area contributed by atoms with E-state index in [1.165, 1.54) is 0 Å². The fourth-order valence-corrected chi connectivity index (χ4v) is 1.43. The number of nitrogens with zero attached hydrogens (tertiary/aromatic N) is 3. The molecule has 1 unspecified atom stereocenters. The summed E-state index contributed by atoms with van der Waals surface area (Å²) in [5, 5.41) is 13.9. The van der Waals surface area contributed by atoms with Gasteiger partial charge in [-0.15, -0.1) is 0 Å². The molecule has 0 radical (unpaired) electrons. The van der Waals surface area contributed by atoms with Gasteiger partial charge in [-0.25, -0.2) is 4.52 Å². The summed E-state index contributed by atoms with van der Waals surface area (Å²) in [6.45, 7) is 2.77. The summed E-state index contributed by atoms with van der Waals surface area (Å²) in [5.41, 5.74) is 1.56. The Balaban J connectivity index is 2.27. The highest BCUT2D eigenvalue weighted by Crippen LogP contribution is 2.18. The van der Waals surface area contributed by atoms with Gasteiger partial charge in [0.2, 0.25) is 0 Å². The van der Waals surface area contributed by atoms with Gasteiger partial charge in [0.15, 0.2) is 0 Å². The Kier molecular flexibility index (Phi) is 2.94. The minimum absolute atomic E-state index is 0.284. The average Bonchev–Trinajstić information content (AvgIpc) is 2.69. The summed E-state index contributed by atoms with van der Waals surface area (Å²) in [5.74, 6) is 0. The number of hydrogen-bond donors (Lipinski definition) is 1. The third-order valence-corrected chi connectivity index (χ3v) is 2.19. The van der Waals surface area contributed by atoms with Crippen molar-refractivity contribution in [3.63, 3.8) is 0 Å². The predicted molar refractivity (Wildman–Crippen MR) is 54.4 cm³/mol. The van der Waals surface area contributed by atoms with E-state index in [-0.39, 0.29) is 6.61 Å². The predicted octanol–water partition coefficient (Wildman–Crippen LogP) is 0.799. The van der Waals surface area contributed by atoms with Crippen LogP contribution in [0.3, 0.4) is 0 Å². The number of aliphatic hydroxyl groups is 1. The Morgan fingerprint density at radius 2 is 2.40 bits per heavy atom. The normalized spacial score (nSPS) is 13.2. The average molecular weight is 207 g/mol. The molecule has 5 heteroatoms. The quantitative estimate of drug-likeness (QED) is 0.805. The third-order valence-electron chi connectivity index (χ3n) is 2.19. The van der Waals surface area contributed by atoms with Crippen molar-refractivity contribution in [2.75, 3.05) is 13.2 Å². The molecule has 0 aliphatic heterocycles. The van der Waals surface area contributed by atoms with Crippen LogP contribution in [-0.4, -0.2) is 32.9 Å². The molecule has 2 aromatic rings.